The van der Waals surface area contributed by atoms with Crippen LogP contribution in [0.4, 0.5) is 5.95 Å². The molecule has 1 unspecified atom stereocenters. The maximum absolute atomic E-state index is 11.6. The fourth-order valence-corrected chi connectivity index (χ4v) is 3.29. The molecule has 0 spiro atoms. The Morgan fingerprint density at radius 3 is 3.15 bits per heavy atom. The number of aliphatic carboxylic acids is 1. The number of thiophene rings is 1. The van der Waals surface area contributed by atoms with Gasteiger partial charge in [0.1, 0.15) is 0 Å². The molecule has 0 saturated heterocycles. The van der Waals surface area contributed by atoms with Crippen LogP contribution in [0.25, 0.3) is 0 Å². The predicted octanol–water partition coefficient (Wildman–Crippen LogP) is 1.74. The summed E-state index contributed by atoms with van der Waals surface area (Å²) in [6.45, 7) is 0.581. The lowest BCUT2D eigenvalue weighted by Gasteiger charge is -2.33. The number of carbonyl (C=O) groups is 1. The number of hydrogen-bond acceptors (Lipinski definition) is 6. The fraction of sp³-hybridized carbons (Fsp3) is 0.308. The Morgan fingerprint density at radius 2 is 2.40 bits per heavy atom. The minimum atomic E-state index is -0.893. The van der Waals surface area contributed by atoms with Gasteiger partial charge in [-0.2, -0.15) is 4.98 Å². The summed E-state index contributed by atoms with van der Waals surface area (Å²) in [5.41, 5.74) is 0.833. The van der Waals surface area contributed by atoms with Crippen molar-refractivity contribution in [1.82, 2.24) is 9.97 Å². The van der Waals surface area contributed by atoms with Gasteiger partial charge in [0.05, 0.1) is 7.11 Å². The van der Waals surface area contributed by atoms with Gasteiger partial charge in [0.25, 0.3) is 0 Å². The minimum Gasteiger partial charge on any atom is -0.481 e. The molecule has 0 fully saturated rings. The number of carboxylic acid groups (broad SMARTS) is 1. The first kappa shape index (κ1) is 12.9. The van der Waals surface area contributed by atoms with E-state index in [0.717, 1.165) is 16.9 Å². The van der Waals surface area contributed by atoms with Crippen LogP contribution in [0.2, 0.25) is 0 Å². The molecule has 0 bridgehead atoms. The molecular weight excluding hydrogens is 278 g/mol. The normalized spacial score (nSPS) is 17.6. The Balaban J connectivity index is 2.02. The molecule has 0 radical (unpaired) electrons. The number of aromatic nitrogens is 2. The van der Waals surface area contributed by atoms with Crippen LogP contribution in [0, 0.1) is 0 Å². The molecule has 0 saturated carbocycles. The molecule has 0 amide bonds. The summed E-state index contributed by atoms with van der Waals surface area (Å²) in [6.07, 6.45) is 2.38. The zero-order valence-corrected chi connectivity index (χ0v) is 11.6. The minimum absolute atomic E-state index is 0.383. The third-order valence-electron chi connectivity index (χ3n) is 3.28. The molecule has 0 aromatic carbocycles. The lowest BCUT2D eigenvalue weighted by Crippen LogP contribution is -2.40. The number of ether oxygens (including phenoxy) is 1. The van der Waals surface area contributed by atoms with E-state index in [1.165, 1.54) is 7.11 Å². The highest BCUT2D eigenvalue weighted by Crippen LogP contribution is 2.35. The van der Waals surface area contributed by atoms with Crippen molar-refractivity contribution in [2.45, 2.75) is 12.5 Å². The molecule has 1 aliphatic rings. The van der Waals surface area contributed by atoms with E-state index in [9.17, 15) is 9.90 Å². The third-order valence-corrected chi connectivity index (χ3v) is 4.28. The largest absolute Gasteiger partial charge is 0.481 e. The lowest BCUT2D eigenvalue weighted by atomic mass is 10.0. The van der Waals surface area contributed by atoms with Crippen molar-refractivity contribution in [3.05, 3.63) is 34.2 Å². The number of fused-ring (bicyclic) bond motifs is 1. The maximum atomic E-state index is 11.6. The SMILES string of the molecule is COc1ccnc(N2CCc3sccc3C2C(=O)O)n1. The second-order valence-corrected chi connectivity index (χ2v) is 5.38. The number of carboxylic acids is 1. The summed E-state index contributed by atoms with van der Waals surface area (Å²) in [7, 11) is 1.52. The van der Waals surface area contributed by atoms with E-state index >= 15 is 0 Å². The highest BCUT2D eigenvalue weighted by Gasteiger charge is 2.35. The van der Waals surface area contributed by atoms with Crippen LogP contribution in [0.5, 0.6) is 5.88 Å². The summed E-state index contributed by atoms with van der Waals surface area (Å²) >= 11 is 1.60. The van der Waals surface area contributed by atoms with Crippen molar-refractivity contribution in [3.8, 4) is 5.88 Å². The monoisotopic (exact) mass is 291 g/mol. The van der Waals surface area contributed by atoms with Crippen molar-refractivity contribution < 1.29 is 14.6 Å². The molecule has 104 valence electrons. The first-order valence-corrected chi connectivity index (χ1v) is 7.01. The van der Waals surface area contributed by atoms with Gasteiger partial charge in [-0.3, -0.25) is 0 Å². The zero-order chi connectivity index (χ0) is 14.1. The molecule has 6 nitrogen and oxygen atoms in total. The van der Waals surface area contributed by atoms with E-state index < -0.39 is 12.0 Å². The molecule has 1 N–H and O–H groups in total. The van der Waals surface area contributed by atoms with Gasteiger partial charge in [0, 0.05) is 23.7 Å². The predicted molar refractivity (Wildman–Crippen MR) is 74.3 cm³/mol. The molecule has 7 heteroatoms. The van der Waals surface area contributed by atoms with Crippen LogP contribution in [0.15, 0.2) is 23.7 Å². The summed E-state index contributed by atoms with van der Waals surface area (Å²) in [5.74, 6) is -0.0837. The van der Waals surface area contributed by atoms with Crippen molar-refractivity contribution in [2.24, 2.45) is 0 Å². The van der Waals surface area contributed by atoms with Gasteiger partial charge in [0.15, 0.2) is 6.04 Å². The maximum Gasteiger partial charge on any atom is 0.331 e. The quantitative estimate of drug-likeness (QED) is 0.928. The second-order valence-electron chi connectivity index (χ2n) is 4.38. The van der Waals surface area contributed by atoms with Gasteiger partial charge in [-0.25, -0.2) is 9.78 Å². The molecule has 20 heavy (non-hydrogen) atoms. The topological polar surface area (TPSA) is 75.5 Å². The zero-order valence-electron chi connectivity index (χ0n) is 10.8. The Bertz CT molecular complexity index is 643. The van der Waals surface area contributed by atoms with Crippen LogP contribution in [-0.2, 0) is 11.2 Å². The molecule has 1 aliphatic heterocycles. The summed E-state index contributed by atoms with van der Waals surface area (Å²) < 4.78 is 5.07. The molecule has 0 aliphatic carbocycles. The fourth-order valence-electron chi connectivity index (χ4n) is 2.38. The van der Waals surface area contributed by atoms with Crippen molar-refractivity contribution in [3.63, 3.8) is 0 Å². The Labute approximate surface area is 119 Å². The van der Waals surface area contributed by atoms with E-state index in [4.69, 9.17) is 4.74 Å². The van der Waals surface area contributed by atoms with Crippen molar-refractivity contribution in [2.75, 3.05) is 18.6 Å². The average molecular weight is 291 g/mol. The summed E-state index contributed by atoms with van der Waals surface area (Å²) in [5, 5.41) is 11.5. The van der Waals surface area contributed by atoms with E-state index in [1.807, 2.05) is 11.4 Å². The molecule has 3 heterocycles. The van der Waals surface area contributed by atoms with Crippen molar-refractivity contribution in [1.29, 1.82) is 0 Å². The molecule has 3 rings (SSSR count). The highest BCUT2D eigenvalue weighted by atomic mass is 32.1. The number of anilines is 1. The van der Waals surface area contributed by atoms with Crippen LogP contribution >= 0.6 is 11.3 Å². The first-order chi connectivity index (χ1) is 9.70. The second kappa shape index (κ2) is 5.09. The van der Waals surface area contributed by atoms with Gasteiger partial charge in [0.2, 0.25) is 11.8 Å². The molecule has 2 aromatic rings. The van der Waals surface area contributed by atoms with Crippen LogP contribution in [0.3, 0.4) is 0 Å². The standard InChI is InChI=1S/C13H13N3O3S/c1-19-10-2-5-14-13(15-10)16-6-3-9-8(4-7-20-9)11(16)12(17)18/h2,4-5,7,11H,3,6H2,1H3,(H,17,18). The first-order valence-electron chi connectivity index (χ1n) is 6.13. The van der Waals surface area contributed by atoms with Gasteiger partial charge in [-0.1, -0.05) is 0 Å². The van der Waals surface area contributed by atoms with Gasteiger partial charge >= 0.3 is 5.97 Å². The van der Waals surface area contributed by atoms with Crippen LogP contribution in [0.1, 0.15) is 16.5 Å². The molecule has 2 aromatic heterocycles. The van der Waals surface area contributed by atoms with Gasteiger partial charge < -0.3 is 14.7 Å². The van der Waals surface area contributed by atoms with E-state index in [-0.39, 0.29) is 0 Å². The Hall–Kier alpha value is -2.15. The van der Waals surface area contributed by atoms with E-state index in [0.29, 0.717) is 18.4 Å². The number of nitrogens with zero attached hydrogens (tertiary/aromatic N) is 3. The summed E-state index contributed by atoms with van der Waals surface area (Å²) in [4.78, 5) is 22.9. The van der Waals surface area contributed by atoms with Crippen molar-refractivity contribution >= 4 is 23.3 Å². The van der Waals surface area contributed by atoms with Crippen LogP contribution < -0.4 is 9.64 Å². The van der Waals surface area contributed by atoms with Gasteiger partial charge in [-0.15, -0.1) is 11.3 Å². The Morgan fingerprint density at radius 1 is 1.55 bits per heavy atom. The highest BCUT2D eigenvalue weighted by molar-refractivity contribution is 7.10. The van der Waals surface area contributed by atoms with Crippen LogP contribution in [-0.4, -0.2) is 34.7 Å². The number of rotatable bonds is 3. The van der Waals surface area contributed by atoms with Gasteiger partial charge in [-0.05, 0) is 23.4 Å². The average Bonchev–Trinajstić information content (AvgIpc) is 2.94. The molecule has 1 atom stereocenters. The summed E-state index contributed by atoms with van der Waals surface area (Å²) in [6, 6.07) is 2.77. The van der Waals surface area contributed by atoms with E-state index in [2.05, 4.69) is 9.97 Å². The molecular formula is C13H13N3O3S. The lowest BCUT2D eigenvalue weighted by molar-refractivity contribution is -0.138. The smallest absolute Gasteiger partial charge is 0.331 e. The van der Waals surface area contributed by atoms with E-state index in [1.54, 1.807) is 28.5 Å². The Kier molecular flexibility index (Phi) is 3.27. The number of hydrogen-bond donors (Lipinski definition) is 1. The third kappa shape index (κ3) is 2.09. The number of methoxy groups -OCH3 is 1.